The molecule has 1 amide bonds. The fraction of sp³-hybridized carbons (Fsp3) is 0.786. The standard InChI is InChI=1S/C14H27N3O2/c1-3-7-17(10-11-18)12-14(19)15-13-5-8-16(4-2)9-6-13/h3,13,18H,1,4-12H2,2H3,(H,15,19). The van der Waals surface area contributed by atoms with Crippen molar-refractivity contribution in [3.8, 4) is 0 Å². The third-order valence-corrected chi connectivity index (χ3v) is 3.57. The van der Waals surface area contributed by atoms with Gasteiger partial charge >= 0.3 is 0 Å². The summed E-state index contributed by atoms with van der Waals surface area (Å²) in [7, 11) is 0. The van der Waals surface area contributed by atoms with E-state index in [1.807, 2.05) is 4.90 Å². The van der Waals surface area contributed by atoms with Crippen LogP contribution in [0.25, 0.3) is 0 Å². The molecule has 0 atom stereocenters. The predicted molar refractivity (Wildman–Crippen MR) is 77.0 cm³/mol. The average Bonchev–Trinajstić information content (AvgIpc) is 2.40. The number of rotatable bonds is 8. The number of carbonyl (C=O) groups is 1. The number of aliphatic hydroxyl groups is 1. The lowest BCUT2D eigenvalue weighted by Gasteiger charge is -2.32. The molecule has 0 unspecified atom stereocenters. The van der Waals surface area contributed by atoms with Gasteiger partial charge in [-0.05, 0) is 19.4 Å². The minimum Gasteiger partial charge on any atom is -0.395 e. The molecule has 1 saturated heterocycles. The monoisotopic (exact) mass is 269 g/mol. The first kappa shape index (κ1) is 16.1. The molecule has 0 radical (unpaired) electrons. The van der Waals surface area contributed by atoms with Gasteiger partial charge in [0.15, 0.2) is 0 Å². The van der Waals surface area contributed by atoms with Crippen LogP contribution in [-0.2, 0) is 4.79 Å². The largest absolute Gasteiger partial charge is 0.395 e. The molecule has 1 aliphatic heterocycles. The van der Waals surface area contributed by atoms with E-state index in [1.54, 1.807) is 6.08 Å². The molecule has 1 rings (SSSR count). The second-order valence-corrected chi connectivity index (χ2v) is 5.02. The molecule has 0 aromatic carbocycles. The first-order chi connectivity index (χ1) is 9.19. The zero-order valence-electron chi connectivity index (χ0n) is 12.0. The first-order valence-electron chi connectivity index (χ1n) is 7.15. The maximum Gasteiger partial charge on any atom is 0.234 e. The minimum absolute atomic E-state index is 0.0465. The number of piperidine rings is 1. The third kappa shape index (κ3) is 6.18. The van der Waals surface area contributed by atoms with Gasteiger partial charge in [-0.2, -0.15) is 0 Å². The van der Waals surface area contributed by atoms with E-state index in [-0.39, 0.29) is 12.5 Å². The summed E-state index contributed by atoms with van der Waals surface area (Å²) >= 11 is 0. The van der Waals surface area contributed by atoms with E-state index in [0.717, 1.165) is 32.5 Å². The summed E-state index contributed by atoms with van der Waals surface area (Å²) in [6.45, 7) is 10.6. The average molecular weight is 269 g/mol. The number of nitrogens with one attached hydrogen (secondary N) is 1. The SMILES string of the molecule is C=CCN(CCO)CC(=O)NC1CCN(CC)CC1. The van der Waals surface area contributed by atoms with Gasteiger partial charge in [-0.3, -0.25) is 9.69 Å². The van der Waals surface area contributed by atoms with E-state index in [9.17, 15) is 4.79 Å². The van der Waals surface area contributed by atoms with E-state index in [4.69, 9.17) is 5.11 Å². The van der Waals surface area contributed by atoms with Crippen LogP contribution in [0.2, 0.25) is 0 Å². The Morgan fingerprint density at radius 3 is 2.74 bits per heavy atom. The highest BCUT2D eigenvalue weighted by Crippen LogP contribution is 2.09. The van der Waals surface area contributed by atoms with Crippen molar-refractivity contribution in [3.63, 3.8) is 0 Å². The van der Waals surface area contributed by atoms with Crippen LogP contribution in [0.5, 0.6) is 0 Å². The van der Waals surface area contributed by atoms with Crippen LogP contribution >= 0.6 is 0 Å². The van der Waals surface area contributed by atoms with Gasteiger partial charge in [0.05, 0.1) is 13.2 Å². The van der Waals surface area contributed by atoms with Crippen molar-refractivity contribution < 1.29 is 9.90 Å². The van der Waals surface area contributed by atoms with E-state index >= 15 is 0 Å². The number of nitrogens with zero attached hydrogens (tertiary/aromatic N) is 2. The molecular weight excluding hydrogens is 242 g/mol. The summed E-state index contributed by atoms with van der Waals surface area (Å²) in [5.41, 5.74) is 0. The Morgan fingerprint density at radius 1 is 1.53 bits per heavy atom. The van der Waals surface area contributed by atoms with Gasteiger partial charge in [0.25, 0.3) is 0 Å². The molecule has 0 aromatic heterocycles. The van der Waals surface area contributed by atoms with Crippen LogP contribution in [0.1, 0.15) is 19.8 Å². The fourth-order valence-corrected chi connectivity index (χ4v) is 2.43. The molecule has 19 heavy (non-hydrogen) atoms. The molecule has 1 aliphatic rings. The molecule has 1 heterocycles. The van der Waals surface area contributed by atoms with Crippen LogP contribution in [0.4, 0.5) is 0 Å². The molecule has 1 fully saturated rings. The number of carbonyl (C=O) groups excluding carboxylic acids is 1. The molecular formula is C14H27N3O2. The first-order valence-corrected chi connectivity index (χ1v) is 7.15. The van der Waals surface area contributed by atoms with Crippen molar-refractivity contribution in [1.29, 1.82) is 0 Å². The fourth-order valence-electron chi connectivity index (χ4n) is 2.43. The summed E-state index contributed by atoms with van der Waals surface area (Å²) in [6, 6.07) is 0.301. The van der Waals surface area contributed by atoms with Gasteiger partial charge in [-0.25, -0.2) is 0 Å². The third-order valence-electron chi connectivity index (χ3n) is 3.57. The van der Waals surface area contributed by atoms with E-state index in [2.05, 4.69) is 23.7 Å². The Hall–Kier alpha value is -0.910. The van der Waals surface area contributed by atoms with Crippen LogP contribution in [0.3, 0.4) is 0 Å². The number of hydrogen-bond donors (Lipinski definition) is 2. The quantitative estimate of drug-likeness (QED) is 0.612. The van der Waals surface area contributed by atoms with Gasteiger partial charge in [0.1, 0.15) is 0 Å². The molecule has 2 N–H and O–H groups in total. The van der Waals surface area contributed by atoms with Crippen LogP contribution < -0.4 is 5.32 Å². The van der Waals surface area contributed by atoms with Gasteiger partial charge in [-0.15, -0.1) is 6.58 Å². The lowest BCUT2D eigenvalue weighted by molar-refractivity contribution is -0.123. The molecule has 0 aliphatic carbocycles. The predicted octanol–water partition coefficient (Wildman–Crippen LogP) is 0.0672. The van der Waals surface area contributed by atoms with Gasteiger partial charge in [0, 0.05) is 32.2 Å². The molecule has 110 valence electrons. The minimum atomic E-state index is 0.0465. The lowest BCUT2D eigenvalue weighted by atomic mass is 10.1. The van der Waals surface area contributed by atoms with E-state index in [1.165, 1.54) is 0 Å². The number of hydrogen-bond acceptors (Lipinski definition) is 4. The molecule has 0 bridgehead atoms. The maximum atomic E-state index is 11.9. The molecule has 5 heteroatoms. The molecule has 0 aromatic rings. The van der Waals surface area contributed by atoms with Gasteiger partial charge in [-0.1, -0.05) is 13.0 Å². The number of likely N-dealkylation sites (tertiary alicyclic amines) is 1. The summed E-state index contributed by atoms with van der Waals surface area (Å²) in [6.07, 6.45) is 3.81. The zero-order valence-corrected chi connectivity index (χ0v) is 12.0. The van der Waals surface area contributed by atoms with Crippen molar-refractivity contribution in [3.05, 3.63) is 12.7 Å². The summed E-state index contributed by atoms with van der Waals surface area (Å²) in [4.78, 5) is 16.2. The maximum absolute atomic E-state index is 11.9. The van der Waals surface area contributed by atoms with Crippen molar-refractivity contribution in [2.75, 3.05) is 45.9 Å². The zero-order chi connectivity index (χ0) is 14.1. The van der Waals surface area contributed by atoms with E-state index in [0.29, 0.717) is 25.7 Å². The van der Waals surface area contributed by atoms with Crippen molar-refractivity contribution in [2.24, 2.45) is 0 Å². The molecule has 5 nitrogen and oxygen atoms in total. The second-order valence-electron chi connectivity index (χ2n) is 5.02. The number of amides is 1. The van der Waals surface area contributed by atoms with Crippen LogP contribution in [0, 0.1) is 0 Å². The summed E-state index contributed by atoms with van der Waals surface area (Å²) in [5.74, 6) is 0.0465. The highest BCUT2D eigenvalue weighted by molar-refractivity contribution is 5.78. The van der Waals surface area contributed by atoms with Crippen molar-refractivity contribution in [2.45, 2.75) is 25.8 Å². The Kier molecular flexibility index (Phi) is 7.70. The molecule has 0 saturated carbocycles. The van der Waals surface area contributed by atoms with Gasteiger partial charge < -0.3 is 15.3 Å². The normalized spacial score (nSPS) is 17.6. The lowest BCUT2D eigenvalue weighted by Crippen LogP contribution is -2.47. The number of aliphatic hydroxyl groups excluding tert-OH is 1. The Labute approximate surface area is 116 Å². The Morgan fingerprint density at radius 2 is 2.21 bits per heavy atom. The van der Waals surface area contributed by atoms with Gasteiger partial charge in [0.2, 0.25) is 5.91 Å². The Bertz CT molecular complexity index is 276. The summed E-state index contributed by atoms with van der Waals surface area (Å²) < 4.78 is 0. The summed E-state index contributed by atoms with van der Waals surface area (Å²) in [5, 5.41) is 12.0. The topological polar surface area (TPSA) is 55.8 Å². The second kappa shape index (κ2) is 9.07. The van der Waals surface area contributed by atoms with Crippen molar-refractivity contribution >= 4 is 5.91 Å². The van der Waals surface area contributed by atoms with Crippen LogP contribution in [0.15, 0.2) is 12.7 Å². The van der Waals surface area contributed by atoms with Crippen molar-refractivity contribution in [1.82, 2.24) is 15.1 Å². The highest BCUT2D eigenvalue weighted by atomic mass is 16.3. The molecule has 0 spiro atoms. The van der Waals surface area contributed by atoms with Crippen LogP contribution in [-0.4, -0.2) is 72.7 Å². The highest BCUT2D eigenvalue weighted by Gasteiger charge is 2.20. The van der Waals surface area contributed by atoms with E-state index < -0.39 is 0 Å². The smallest absolute Gasteiger partial charge is 0.234 e. The Balaban J connectivity index is 2.28.